The largest absolute Gasteiger partial charge is 0.497 e. The van der Waals surface area contributed by atoms with E-state index in [0.29, 0.717) is 40.0 Å². The maximum Gasteiger partial charge on any atom is 0.229 e. The minimum absolute atomic E-state index is 0.0211. The van der Waals surface area contributed by atoms with Crippen molar-refractivity contribution >= 4 is 32.5 Å². The van der Waals surface area contributed by atoms with E-state index in [0.717, 1.165) is 45.2 Å². The van der Waals surface area contributed by atoms with Gasteiger partial charge < -0.3 is 14.1 Å². The van der Waals surface area contributed by atoms with Crippen LogP contribution in [0.4, 0.5) is 5.69 Å². The minimum atomic E-state index is -3.35. The van der Waals surface area contributed by atoms with Gasteiger partial charge in [0.05, 0.1) is 25.0 Å². The number of Topliss-reactive ketones (excluding diaryl/α,β-unsaturated/α-hetero) is 1. The first-order valence-electron chi connectivity index (χ1n) is 11.7. The Bertz CT molecular complexity index is 1360. The number of carbonyl (C=O) groups is 1. The highest BCUT2D eigenvalue weighted by Gasteiger charge is 2.25. The van der Waals surface area contributed by atoms with Crippen molar-refractivity contribution in [3.05, 3.63) is 70.1 Å². The third-order valence-corrected chi connectivity index (χ3v) is 7.01. The number of aryl methyl sites for hydroxylation is 1. The number of piperidine rings is 1. The van der Waals surface area contributed by atoms with Gasteiger partial charge >= 0.3 is 0 Å². The summed E-state index contributed by atoms with van der Waals surface area (Å²) < 4.78 is 35.9. The van der Waals surface area contributed by atoms with Crippen molar-refractivity contribution in [2.24, 2.45) is 5.92 Å². The molecule has 1 fully saturated rings. The van der Waals surface area contributed by atoms with Crippen molar-refractivity contribution in [1.29, 1.82) is 0 Å². The summed E-state index contributed by atoms with van der Waals surface area (Å²) in [6.07, 6.45) is 5.66. The molecule has 35 heavy (non-hydrogen) atoms. The molecule has 9 heteroatoms. The Morgan fingerprint density at radius 1 is 1.14 bits per heavy atom. The van der Waals surface area contributed by atoms with Gasteiger partial charge in [-0.05, 0) is 87.8 Å². The monoisotopic (exact) mass is 498 g/mol. The van der Waals surface area contributed by atoms with E-state index in [1.165, 1.54) is 0 Å². The van der Waals surface area contributed by atoms with Crippen LogP contribution in [0.2, 0.25) is 0 Å². The fraction of sp³-hybridized carbons (Fsp3) is 0.385. The maximum absolute atomic E-state index is 12.9. The molecule has 2 heterocycles. The predicted octanol–water partition coefficient (Wildman–Crippen LogP) is 3.70. The maximum atomic E-state index is 12.9. The van der Waals surface area contributed by atoms with Crippen molar-refractivity contribution in [3.63, 3.8) is 0 Å². The lowest BCUT2D eigenvalue weighted by molar-refractivity contribution is 0.0839. The van der Waals surface area contributed by atoms with Crippen molar-refractivity contribution in [1.82, 2.24) is 4.90 Å². The number of anilines is 1. The number of methoxy groups -OCH3 is 1. The van der Waals surface area contributed by atoms with Crippen LogP contribution in [0.25, 0.3) is 11.0 Å². The number of benzene rings is 2. The first-order valence-corrected chi connectivity index (χ1v) is 13.6. The zero-order valence-corrected chi connectivity index (χ0v) is 20.8. The molecule has 4 rings (SSSR count). The summed E-state index contributed by atoms with van der Waals surface area (Å²) >= 11 is 0. The summed E-state index contributed by atoms with van der Waals surface area (Å²) in [6, 6.07) is 11.8. The van der Waals surface area contributed by atoms with Gasteiger partial charge in [0.2, 0.25) is 10.0 Å². The van der Waals surface area contributed by atoms with E-state index in [1.54, 1.807) is 55.8 Å². The standard InChI is InChI=1S/C26H30N2O6S/c1-33-22-9-10-24-23(16-22)26(30)20(17-34-24)4-3-13-28-14-11-19(12-15-28)25(29)18-5-7-21(8-6-18)27-35(2,31)32/h5-10,16-17,19,27H,3-4,11-15H2,1-2H3. The molecular weight excluding hydrogens is 468 g/mol. The Hall–Kier alpha value is -3.17. The molecule has 0 aliphatic carbocycles. The van der Waals surface area contributed by atoms with E-state index >= 15 is 0 Å². The number of nitrogens with one attached hydrogen (secondary N) is 1. The number of likely N-dealkylation sites (tertiary alicyclic amines) is 1. The number of hydrogen-bond donors (Lipinski definition) is 1. The van der Waals surface area contributed by atoms with E-state index in [4.69, 9.17) is 9.15 Å². The van der Waals surface area contributed by atoms with Gasteiger partial charge in [-0.1, -0.05) is 0 Å². The molecule has 0 unspecified atom stereocenters. The Morgan fingerprint density at radius 3 is 2.51 bits per heavy atom. The van der Waals surface area contributed by atoms with Gasteiger partial charge in [0, 0.05) is 22.7 Å². The third kappa shape index (κ3) is 6.29. The molecule has 2 aromatic carbocycles. The second kappa shape index (κ2) is 10.6. The molecule has 0 atom stereocenters. The van der Waals surface area contributed by atoms with Gasteiger partial charge in [0.1, 0.15) is 11.3 Å². The average molecular weight is 499 g/mol. The molecule has 0 bridgehead atoms. The molecule has 0 amide bonds. The number of ether oxygens (including phenoxy) is 1. The highest BCUT2D eigenvalue weighted by Crippen LogP contribution is 2.24. The number of hydrogen-bond acceptors (Lipinski definition) is 7. The topological polar surface area (TPSA) is 106 Å². The van der Waals surface area contributed by atoms with Gasteiger partial charge in [-0.25, -0.2) is 8.42 Å². The van der Waals surface area contributed by atoms with Gasteiger partial charge in [-0.15, -0.1) is 0 Å². The van der Waals surface area contributed by atoms with E-state index in [1.807, 2.05) is 0 Å². The number of carbonyl (C=O) groups excluding carboxylic acids is 1. The van der Waals surface area contributed by atoms with Crippen molar-refractivity contribution < 1.29 is 22.4 Å². The van der Waals surface area contributed by atoms with Crippen LogP contribution in [-0.4, -0.2) is 52.1 Å². The van der Waals surface area contributed by atoms with E-state index < -0.39 is 10.0 Å². The number of ketones is 1. The zero-order chi connectivity index (χ0) is 25.0. The van der Waals surface area contributed by atoms with Crippen molar-refractivity contribution in [3.8, 4) is 5.75 Å². The normalized spacial score (nSPS) is 15.3. The molecule has 186 valence electrons. The lowest BCUT2D eigenvalue weighted by Gasteiger charge is -2.31. The molecule has 0 radical (unpaired) electrons. The second-order valence-electron chi connectivity index (χ2n) is 8.99. The lowest BCUT2D eigenvalue weighted by atomic mass is 9.88. The van der Waals surface area contributed by atoms with E-state index in [-0.39, 0.29) is 17.1 Å². The third-order valence-electron chi connectivity index (χ3n) is 6.40. The first-order chi connectivity index (χ1) is 16.7. The molecule has 3 aromatic rings. The minimum Gasteiger partial charge on any atom is -0.497 e. The van der Waals surface area contributed by atoms with Gasteiger partial charge in [0.15, 0.2) is 11.2 Å². The summed E-state index contributed by atoms with van der Waals surface area (Å²) in [5.41, 5.74) is 2.23. The highest BCUT2D eigenvalue weighted by atomic mass is 32.2. The van der Waals surface area contributed by atoms with Crippen LogP contribution < -0.4 is 14.9 Å². The van der Waals surface area contributed by atoms with Crippen LogP contribution in [0.3, 0.4) is 0 Å². The fourth-order valence-corrected chi connectivity index (χ4v) is 5.08. The fourth-order valence-electron chi connectivity index (χ4n) is 4.51. The summed E-state index contributed by atoms with van der Waals surface area (Å²) in [6.45, 7) is 2.50. The second-order valence-corrected chi connectivity index (χ2v) is 10.7. The van der Waals surface area contributed by atoms with Crippen LogP contribution in [0.15, 0.2) is 57.9 Å². The summed E-state index contributed by atoms with van der Waals surface area (Å²) in [7, 11) is -1.78. The van der Waals surface area contributed by atoms with Crippen LogP contribution in [-0.2, 0) is 16.4 Å². The predicted molar refractivity (Wildman–Crippen MR) is 136 cm³/mol. The average Bonchev–Trinajstić information content (AvgIpc) is 2.85. The number of nitrogens with zero attached hydrogens (tertiary/aromatic N) is 1. The molecule has 1 aliphatic heterocycles. The molecule has 1 N–H and O–H groups in total. The van der Waals surface area contributed by atoms with Crippen LogP contribution in [0, 0.1) is 5.92 Å². The lowest BCUT2D eigenvalue weighted by Crippen LogP contribution is -2.37. The summed E-state index contributed by atoms with van der Waals surface area (Å²) in [5, 5.41) is 0.529. The number of fused-ring (bicyclic) bond motifs is 1. The first kappa shape index (κ1) is 24.9. The highest BCUT2D eigenvalue weighted by molar-refractivity contribution is 7.92. The number of rotatable bonds is 9. The molecule has 8 nitrogen and oxygen atoms in total. The van der Waals surface area contributed by atoms with Crippen LogP contribution in [0.1, 0.15) is 35.2 Å². The molecule has 0 saturated carbocycles. The molecule has 1 aliphatic rings. The van der Waals surface area contributed by atoms with Crippen LogP contribution >= 0.6 is 0 Å². The summed E-state index contributed by atoms with van der Waals surface area (Å²) in [4.78, 5) is 28.0. The van der Waals surface area contributed by atoms with E-state index in [9.17, 15) is 18.0 Å². The van der Waals surface area contributed by atoms with Gasteiger partial charge in [-0.3, -0.25) is 14.3 Å². The zero-order valence-electron chi connectivity index (χ0n) is 20.0. The molecule has 0 spiro atoms. The SMILES string of the molecule is COc1ccc2occ(CCCN3CCC(C(=O)c4ccc(NS(C)(=O)=O)cc4)CC3)c(=O)c2c1. The molecular formula is C26H30N2O6S. The van der Waals surface area contributed by atoms with Crippen molar-refractivity contribution in [2.75, 3.05) is 37.7 Å². The van der Waals surface area contributed by atoms with Crippen LogP contribution in [0.5, 0.6) is 5.75 Å². The Morgan fingerprint density at radius 2 is 1.86 bits per heavy atom. The Kier molecular flexibility index (Phi) is 7.57. The van der Waals surface area contributed by atoms with E-state index in [2.05, 4.69) is 9.62 Å². The Balaban J connectivity index is 1.27. The molecule has 1 saturated heterocycles. The van der Waals surface area contributed by atoms with Crippen molar-refractivity contribution in [2.45, 2.75) is 25.7 Å². The quantitative estimate of drug-likeness (QED) is 0.449. The molecule has 1 aromatic heterocycles. The van der Waals surface area contributed by atoms with Gasteiger partial charge in [0.25, 0.3) is 0 Å². The smallest absolute Gasteiger partial charge is 0.229 e. The number of sulfonamides is 1. The summed E-state index contributed by atoms with van der Waals surface area (Å²) in [5.74, 6) is 0.683. The van der Waals surface area contributed by atoms with Gasteiger partial charge in [-0.2, -0.15) is 0 Å². The Labute approximate surface area is 204 Å².